The number of hydrogen-bond donors (Lipinski definition) is 0. The summed E-state index contributed by atoms with van der Waals surface area (Å²) in [5.74, 6) is 1.34. The molecule has 2 aromatic carbocycles. The quantitative estimate of drug-likeness (QED) is 0.765. The zero-order valence-corrected chi connectivity index (χ0v) is 14.4. The SMILES string of the molecule is N#Cc1ccc(N2CCCC2c2cccc3c2OCCO3)cc1C(F)(F)F. The van der Waals surface area contributed by atoms with E-state index in [1.807, 2.05) is 23.1 Å². The highest BCUT2D eigenvalue weighted by atomic mass is 19.4. The first-order chi connectivity index (χ1) is 13.0. The maximum atomic E-state index is 13.3. The molecule has 1 fully saturated rings. The molecule has 1 unspecified atom stereocenters. The van der Waals surface area contributed by atoms with Gasteiger partial charge in [0.05, 0.1) is 23.2 Å². The topological polar surface area (TPSA) is 45.5 Å². The van der Waals surface area contributed by atoms with Crippen LogP contribution in [0.15, 0.2) is 36.4 Å². The average Bonchev–Trinajstić information content (AvgIpc) is 3.16. The fraction of sp³-hybridized carbons (Fsp3) is 0.350. The fourth-order valence-electron chi connectivity index (χ4n) is 3.80. The van der Waals surface area contributed by atoms with E-state index in [2.05, 4.69) is 0 Å². The van der Waals surface area contributed by atoms with E-state index in [0.29, 0.717) is 36.9 Å². The molecule has 2 aliphatic rings. The molecule has 2 aliphatic heterocycles. The van der Waals surface area contributed by atoms with Crippen molar-refractivity contribution >= 4 is 5.69 Å². The van der Waals surface area contributed by atoms with Crippen LogP contribution >= 0.6 is 0 Å². The van der Waals surface area contributed by atoms with Crippen molar-refractivity contribution < 1.29 is 22.6 Å². The lowest BCUT2D eigenvalue weighted by molar-refractivity contribution is -0.137. The molecule has 4 rings (SSSR count). The van der Waals surface area contributed by atoms with E-state index < -0.39 is 11.7 Å². The Balaban J connectivity index is 1.74. The summed E-state index contributed by atoms with van der Waals surface area (Å²) in [6.45, 7) is 1.57. The van der Waals surface area contributed by atoms with Gasteiger partial charge >= 0.3 is 6.18 Å². The number of ether oxygens (including phenoxy) is 2. The van der Waals surface area contributed by atoms with Gasteiger partial charge in [-0.2, -0.15) is 18.4 Å². The summed E-state index contributed by atoms with van der Waals surface area (Å²) in [4.78, 5) is 1.95. The normalized spacial score (nSPS) is 19.0. The summed E-state index contributed by atoms with van der Waals surface area (Å²) in [5, 5.41) is 9.01. The number of para-hydroxylation sites is 1. The molecule has 7 heteroatoms. The summed E-state index contributed by atoms with van der Waals surface area (Å²) in [6.07, 6.45) is -2.91. The van der Waals surface area contributed by atoms with Crippen molar-refractivity contribution in [2.24, 2.45) is 0 Å². The van der Waals surface area contributed by atoms with E-state index in [9.17, 15) is 13.2 Å². The van der Waals surface area contributed by atoms with Gasteiger partial charge in [0.2, 0.25) is 0 Å². The van der Waals surface area contributed by atoms with E-state index in [-0.39, 0.29) is 11.6 Å². The molecule has 2 heterocycles. The van der Waals surface area contributed by atoms with Gasteiger partial charge in [0.1, 0.15) is 13.2 Å². The molecule has 0 aliphatic carbocycles. The molecule has 0 spiro atoms. The summed E-state index contributed by atoms with van der Waals surface area (Å²) in [7, 11) is 0. The zero-order valence-electron chi connectivity index (χ0n) is 14.4. The van der Waals surface area contributed by atoms with Gasteiger partial charge in [0, 0.05) is 17.8 Å². The molecule has 1 atom stereocenters. The van der Waals surface area contributed by atoms with Crippen molar-refractivity contribution in [2.75, 3.05) is 24.7 Å². The number of alkyl halides is 3. The number of nitrogens with zero attached hydrogens (tertiary/aromatic N) is 2. The van der Waals surface area contributed by atoms with Crippen LogP contribution < -0.4 is 14.4 Å². The van der Waals surface area contributed by atoms with Crippen LogP contribution in [-0.4, -0.2) is 19.8 Å². The number of nitriles is 1. The van der Waals surface area contributed by atoms with E-state index in [0.717, 1.165) is 24.5 Å². The Hall–Kier alpha value is -2.88. The number of hydrogen-bond acceptors (Lipinski definition) is 4. The molecule has 0 saturated carbocycles. The van der Waals surface area contributed by atoms with Crippen molar-refractivity contribution in [3.05, 3.63) is 53.1 Å². The van der Waals surface area contributed by atoms with Gasteiger partial charge in [-0.3, -0.25) is 0 Å². The Morgan fingerprint density at radius 1 is 1.11 bits per heavy atom. The van der Waals surface area contributed by atoms with E-state index in [1.54, 1.807) is 12.1 Å². The third-order valence-electron chi connectivity index (χ3n) is 4.97. The molecule has 140 valence electrons. The molecule has 0 bridgehead atoms. The highest BCUT2D eigenvalue weighted by molar-refractivity contribution is 5.59. The lowest BCUT2D eigenvalue weighted by atomic mass is 10.0. The second-order valence-electron chi connectivity index (χ2n) is 6.56. The second kappa shape index (κ2) is 6.69. The highest BCUT2D eigenvalue weighted by Gasteiger charge is 2.36. The number of fused-ring (bicyclic) bond motifs is 1. The molecule has 0 radical (unpaired) electrons. The lowest BCUT2D eigenvalue weighted by Crippen LogP contribution is -2.25. The fourth-order valence-corrected chi connectivity index (χ4v) is 3.80. The minimum absolute atomic E-state index is 0.101. The monoisotopic (exact) mass is 374 g/mol. The van der Waals surface area contributed by atoms with Crippen molar-refractivity contribution in [3.63, 3.8) is 0 Å². The number of rotatable bonds is 2. The lowest BCUT2D eigenvalue weighted by Gasteiger charge is -2.30. The Morgan fingerprint density at radius 3 is 2.70 bits per heavy atom. The number of benzene rings is 2. The first-order valence-electron chi connectivity index (χ1n) is 8.75. The number of anilines is 1. The first-order valence-corrected chi connectivity index (χ1v) is 8.75. The Labute approximate surface area is 154 Å². The second-order valence-corrected chi connectivity index (χ2v) is 6.56. The van der Waals surface area contributed by atoms with E-state index in [4.69, 9.17) is 14.7 Å². The highest BCUT2D eigenvalue weighted by Crippen LogP contribution is 2.45. The van der Waals surface area contributed by atoms with E-state index in [1.165, 1.54) is 6.07 Å². The molecular formula is C20H17F3N2O2. The van der Waals surface area contributed by atoms with Gasteiger partial charge in [0.25, 0.3) is 0 Å². The summed E-state index contributed by atoms with van der Waals surface area (Å²) in [5.41, 5.74) is 0.111. The van der Waals surface area contributed by atoms with Gasteiger partial charge in [-0.1, -0.05) is 12.1 Å². The predicted molar refractivity (Wildman–Crippen MR) is 92.9 cm³/mol. The first kappa shape index (κ1) is 17.5. The predicted octanol–water partition coefficient (Wildman–Crippen LogP) is 4.69. The van der Waals surface area contributed by atoms with E-state index >= 15 is 0 Å². The van der Waals surface area contributed by atoms with Gasteiger partial charge in [-0.15, -0.1) is 0 Å². The van der Waals surface area contributed by atoms with Crippen LogP contribution in [0.5, 0.6) is 11.5 Å². The van der Waals surface area contributed by atoms with Crippen LogP contribution in [0.3, 0.4) is 0 Å². The van der Waals surface area contributed by atoms with Crippen LogP contribution in [0.1, 0.15) is 35.6 Å². The van der Waals surface area contributed by atoms with Gasteiger partial charge in [-0.05, 0) is 37.1 Å². The zero-order chi connectivity index (χ0) is 19.0. The van der Waals surface area contributed by atoms with Gasteiger partial charge in [-0.25, -0.2) is 0 Å². The van der Waals surface area contributed by atoms with Crippen LogP contribution in [0, 0.1) is 11.3 Å². The summed E-state index contributed by atoms with van der Waals surface area (Å²) < 4.78 is 51.4. The van der Waals surface area contributed by atoms with Gasteiger partial charge < -0.3 is 14.4 Å². The summed E-state index contributed by atoms with van der Waals surface area (Å²) in [6, 6.07) is 11.1. The molecule has 1 saturated heterocycles. The smallest absolute Gasteiger partial charge is 0.417 e. The van der Waals surface area contributed by atoms with Crippen molar-refractivity contribution in [3.8, 4) is 17.6 Å². The van der Waals surface area contributed by atoms with Crippen molar-refractivity contribution in [2.45, 2.75) is 25.1 Å². The average molecular weight is 374 g/mol. The molecule has 27 heavy (non-hydrogen) atoms. The summed E-state index contributed by atoms with van der Waals surface area (Å²) >= 11 is 0. The largest absolute Gasteiger partial charge is 0.486 e. The standard InChI is InChI=1S/C20H17F3N2O2/c21-20(22,23)16-11-14(7-6-13(16)12-24)25-8-2-4-17(25)15-3-1-5-18-19(15)27-10-9-26-18/h1,3,5-7,11,17H,2,4,8-10H2. The minimum Gasteiger partial charge on any atom is -0.486 e. The van der Waals surface area contributed by atoms with Crippen LogP contribution in [-0.2, 0) is 6.18 Å². The maximum absolute atomic E-state index is 13.3. The van der Waals surface area contributed by atoms with Crippen LogP contribution in [0.2, 0.25) is 0 Å². The maximum Gasteiger partial charge on any atom is 0.417 e. The molecule has 0 amide bonds. The molecule has 2 aromatic rings. The third-order valence-corrected chi connectivity index (χ3v) is 4.97. The Bertz CT molecular complexity index is 905. The molecule has 0 aromatic heterocycles. The van der Waals surface area contributed by atoms with Crippen LogP contribution in [0.4, 0.5) is 18.9 Å². The van der Waals surface area contributed by atoms with Gasteiger partial charge in [0.15, 0.2) is 11.5 Å². The Morgan fingerprint density at radius 2 is 1.93 bits per heavy atom. The molecular weight excluding hydrogens is 357 g/mol. The third kappa shape index (κ3) is 3.16. The molecule has 0 N–H and O–H groups in total. The van der Waals surface area contributed by atoms with Crippen molar-refractivity contribution in [1.82, 2.24) is 0 Å². The minimum atomic E-state index is -4.57. The number of halogens is 3. The van der Waals surface area contributed by atoms with Crippen molar-refractivity contribution in [1.29, 1.82) is 5.26 Å². The molecule has 4 nitrogen and oxygen atoms in total. The van der Waals surface area contributed by atoms with Crippen LogP contribution in [0.25, 0.3) is 0 Å². The Kier molecular flexibility index (Phi) is 4.34.